The predicted molar refractivity (Wildman–Crippen MR) is 76.3 cm³/mol. The molecule has 0 saturated heterocycles. The molecule has 0 aliphatic heterocycles. The molecule has 0 saturated carbocycles. The SMILES string of the molecule is O=C(N/N=C\c1ccc(Cl)s1)c1cncc(Br)c1. The summed E-state index contributed by atoms with van der Waals surface area (Å²) in [5, 5.41) is 3.85. The first-order valence-electron chi connectivity index (χ1n) is 4.84. The van der Waals surface area contributed by atoms with E-state index in [4.69, 9.17) is 11.6 Å². The first-order valence-corrected chi connectivity index (χ1v) is 6.83. The van der Waals surface area contributed by atoms with Gasteiger partial charge in [-0.3, -0.25) is 9.78 Å². The van der Waals surface area contributed by atoms with E-state index >= 15 is 0 Å². The molecule has 0 fully saturated rings. The first-order chi connectivity index (χ1) is 8.65. The molecular weight excluding hydrogens is 338 g/mol. The molecule has 2 heterocycles. The lowest BCUT2D eigenvalue weighted by atomic mass is 10.3. The monoisotopic (exact) mass is 343 g/mol. The van der Waals surface area contributed by atoms with Crippen LogP contribution in [-0.2, 0) is 0 Å². The molecule has 0 bridgehead atoms. The van der Waals surface area contributed by atoms with Gasteiger partial charge in [0.2, 0.25) is 0 Å². The quantitative estimate of drug-likeness (QED) is 0.686. The lowest BCUT2D eigenvalue weighted by Gasteiger charge is -1.98. The number of rotatable bonds is 3. The summed E-state index contributed by atoms with van der Waals surface area (Å²) in [4.78, 5) is 16.5. The van der Waals surface area contributed by atoms with Gasteiger partial charge in [-0.25, -0.2) is 5.43 Å². The summed E-state index contributed by atoms with van der Waals surface area (Å²) >= 11 is 10.4. The minimum Gasteiger partial charge on any atom is -0.267 e. The Bertz CT molecular complexity index is 599. The predicted octanol–water partition coefficient (Wildman–Crippen LogP) is 3.32. The van der Waals surface area contributed by atoms with Crippen molar-refractivity contribution in [2.24, 2.45) is 5.10 Å². The molecule has 0 unspecified atom stereocenters. The van der Waals surface area contributed by atoms with Crippen LogP contribution in [0.1, 0.15) is 15.2 Å². The molecule has 1 N–H and O–H groups in total. The van der Waals surface area contributed by atoms with Crippen LogP contribution in [0.25, 0.3) is 0 Å². The van der Waals surface area contributed by atoms with E-state index in [1.807, 2.05) is 6.07 Å². The van der Waals surface area contributed by atoms with E-state index in [0.717, 1.165) is 9.35 Å². The first kappa shape index (κ1) is 13.2. The number of hydrogen-bond acceptors (Lipinski definition) is 4. The molecule has 2 rings (SSSR count). The molecule has 7 heteroatoms. The lowest BCUT2D eigenvalue weighted by Crippen LogP contribution is -2.17. The Morgan fingerprint density at radius 2 is 2.33 bits per heavy atom. The summed E-state index contributed by atoms with van der Waals surface area (Å²) in [6.45, 7) is 0. The largest absolute Gasteiger partial charge is 0.272 e. The molecule has 0 radical (unpaired) electrons. The molecule has 18 heavy (non-hydrogen) atoms. The van der Waals surface area contributed by atoms with Crippen molar-refractivity contribution in [3.05, 3.63) is 49.8 Å². The Morgan fingerprint density at radius 3 is 3.00 bits per heavy atom. The van der Waals surface area contributed by atoms with Gasteiger partial charge in [-0.15, -0.1) is 11.3 Å². The average molecular weight is 345 g/mol. The molecule has 92 valence electrons. The van der Waals surface area contributed by atoms with Crippen molar-refractivity contribution in [3.8, 4) is 0 Å². The number of halogens is 2. The topological polar surface area (TPSA) is 54.4 Å². The van der Waals surface area contributed by atoms with Crippen LogP contribution in [0.5, 0.6) is 0 Å². The van der Waals surface area contributed by atoms with Crippen LogP contribution in [0.4, 0.5) is 0 Å². The zero-order valence-corrected chi connectivity index (χ0v) is 12.1. The van der Waals surface area contributed by atoms with E-state index in [1.54, 1.807) is 24.5 Å². The molecule has 0 spiro atoms. The molecule has 0 aliphatic carbocycles. The van der Waals surface area contributed by atoms with Crippen molar-refractivity contribution in [1.82, 2.24) is 10.4 Å². The highest BCUT2D eigenvalue weighted by Gasteiger charge is 2.04. The second kappa shape index (κ2) is 6.08. The number of carbonyl (C=O) groups excluding carboxylic acids is 1. The van der Waals surface area contributed by atoms with Crippen LogP contribution in [0, 0.1) is 0 Å². The summed E-state index contributed by atoms with van der Waals surface area (Å²) in [5.74, 6) is -0.317. The van der Waals surface area contributed by atoms with E-state index < -0.39 is 0 Å². The van der Waals surface area contributed by atoms with Gasteiger partial charge in [0.05, 0.1) is 16.1 Å². The number of thiophene rings is 1. The number of nitrogens with one attached hydrogen (secondary N) is 1. The van der Waals surface area contributed by atoms with Crippen molar-refractivity contribution >= 4 is 51.0 Å². The summed E-state index contributed by atoms with van der Waals surface area (Å²) in [7, 11) is 0. The number of aromatic nitrogens is 1. The second-order valence-electron chi connectivity index (χ2n) is 3.23. The maximum Gasteiger partial charge on any atom is 0.272 e. The summed E-state index contributed by atoms with van der Waals surface area (Å²) < 4.78 is 1.42. The number of carbonyl (C=O) groups is 1. The Morgan fingerprint density at radius 1 is 1.50 bits per heavy atom. The number of hydrogen-bond donors (Lipinski definition) is 1. The fourth-order valence-corrected chi connectivity index (χ4v) is 2.45. The standard InChI is InChI=1S/C11H7BrClN3OS/c12-8-3-7(4-14-5-8)11(17)16-15-6-9-1-2-10(13)18-9/h1-6H,(H,16,17)/b15-6-. The van der Waals surface area contributed by atoms with Gasteiger partial charge in [0, 0.05) is 21.7 Å². The van der Waals surface area contributed by atoms with E-state index in [1.165, 1.54) is 17.5 Å². The molecular formula is C11H7BrClN3OS. The minimum atomic E-state index is -0.317. The summed E-state index contributed by atoms with van der Waals surface area (Å²) in [6.07, 6.45) is 4.62. The van der Waals surface area contributed by atoms with Crippen LogP contribution in [0.2, 0.25) is 4.34 Å². The van der Waals surface area contributed by atoms with Gasteiger partial charge in [0.15, 0.2) is 0 Å². The van der Waals surface area contributed by atoms with Crippen LogP contribution < -0.4 is 5.43 Å². The van der Waals surface area contributed by atoms with Crippen molar-refractivity contribution < 1.29 is 4.79 Å². The van der Waals surface area contributed by atoms with E-state index in [-0.39, 0.29) is 5.91 Å². The van der Waals surface area contributed by atoms with E-state index in [2.05, 4.69) is 31.4 Å². The molecule has 0 aliphatic rings. The third-order valence-electron chi connectivity index (χ3n) is 1.92. The third-order valence-corrected chi connectivity index (χ3v) is 3.52. The third kappa shape index (κ3) is 3.63. The van der Waals surface area contributed by atoms with Crippen LogP contribution in [0.3, 0.4) is 0 Å². The second-order valence-corrected chi connectivity index (χ2v) is 5.90. The van der Waals surface area contributed by atoms with Crippen LogP contribution >= 0.6 is 38.9 Å². The number of nitrogens with zero attached hydrogens (tertiary/aromatic N) is 2. The van der Waals surface area contributed by atoms with E-state index in [9.17, 15) is 4.79 Å². The van der Waals surface area contributed by atoms with E-state index in [0.29, 0.717) is 9.90 Å². The Balaban J connectivity index is 1.98. The van der Waals surface area contributed by atoms with Gasteiger partial charge in [0.25, 0.3) is 5.91 Å². The fraction of sp³-hybridized carbons (Fsp3) is 0. The molecule has 0 aromatic carbocycles. The average Bonchev–Trinajstić information content (AvgIpc) is 2.75. The van der Waals surface area contributed by atoms with Crippen LogP contribution in [-0.4, -0.2) is 17.1 Å². The maximum absolute atomic E-state index is 11.7. The van der Waals surface area contributed by atoms with Gasteiger partial charge in [0.1, 0.15) is 0 Å². The van der Waals surface area contributed by atoms with Gasteiger partial charge < -0.3 is 0 Å². The van der Waals surface area contributed by atoms with Crippen molar-refractivity contribution in [2.75, 3.05) is 0 Å². The Hall–Kier alpha value is -1.24. The van der Waals surface area contributed by atoms with Gasteiger partial charge in [-0.2, -0.15) is 5.10 Å². The number of hydrazone groups is 1. The number of amides is 1. The zero-order valence-electron chi connectivity index (χ0n) is 8.93. The van der Waals surface area contributed by atoms with Gasteiger partial charge in [-0.05, 0) is 34.1 Å². The Labute approximate surface area is 121 Å². The highest BCUT2D eigenvalue weighted by Crippen LogP contribution is 2.19. The zero-order chi connectivity index (χ0) is 13.0. The van der Waals surface area contributed by atoms with Crippen LogP contribution in [0.15, 0.2) is 40.2 Å². The maximum atomic E-state index is 11.7. The van der Waals surface area contributed by atoms with Crippen molar-refractivity contribution in [3.63, 3.8) is 0 Å². The number of pyridine rings is 1. The molecule has 4 nitrogen and oxygen atoms in total. The van der Waals surface area contributed by atoms with Crippen molar-refractivity contribution in [2.45, 2.75) is 0 Å². The smallest absolute Gasteiger partial charge is 0.267 e. The molecule has 2 aromatic rings. The minimum absolute atomic E-state index is 0.317. The lowest BCUT2D eigenvalue weighted by molar-refractivity contribution is 0.0954. The van der Waals surface area contributed by atoms with Gasteiger partial charge in [-0.1, -0.05) is 11.6 Å². The highest BCUT2D eigenvalue weighted by atomic mass is 79.9. The molecule has 1 amide bonds. The fourth-order valence-electron chi connectivity index (χ4n) is 1.15. The van der Waals surface area contributed by atoms with Gasteiger partial charge >= 0.3 is 0 Å². The molecule has 0 atom stereocenters. The molecule has 2 aromatic heterocycles. The van der Waals surface area contributed by atoms with Crippen molar-refractivity contribution in [1.29, 1.82) is 0 Å². The normalized spacial score (nSPS) is 10.8. The summed E-state index contributed by atoms with van der Waals surface area (Å²) in [6, 6.07) is 5.26. The summed E-state index contributed by atoms with van der Waals surface area (Å²) in [5.41, 5.74) is 2.85. The Kier molecular flexibility index (Phi) is 4.46. The highest BCUT2D eigenvalue weighted by molar-refractivity contribution is 9.10.